The topological polar surface area (TPSA) is 78.5 Å². The van der Waals surface area contributed by atoms with E-state index in [0.717, 1.165) is 18.4 Å². The molecule has 0 spiro atoms. The zero-order valence-electron chi connectivity index (χ0n) is 15.6. The fourth-order valence-electron chi connectivity index (χ4n) is 4.04. The lowest BCUT2D eigenvalue weighted by molar-refractivity contribution is -0.131. The number of carbonyl (C=O) groups excluding carboxylic acids is 1. The van der Waals surface area contributed by atoms with E-state index in [4.69, 9.17) is 0 Å². The molecular weight excluding hydrogens is 350 g/mol. The molecule has 1 aromatic carbocycles. The van der Waals surface area contributed by atoms with Crippen LogP contribution in [-0.2, 0) is 14.8 Å². The summed E-state index contributed by atoms with van der Waals surface area (Å²) in [5.41, 5.74) is 1.01. The molecule has 1 saturated heterocycles. The van der Waals surface area contributed by atoms with Crippen molar-refractivity contribution in [2.24, 2.45) is 5.92 Å². The van der Waals surface area contributed by atoms with Gasteiger partial charge in [0.1, 0.15) is 0 Å². The highest BCUT2D eigenvalue weighted by molar-refractivity contribution is 7.89. The average molecular weight is 380 g/mol. The predicted molar refractivity (Wildman–Crippen MR) is 101 cm³/mol. The second-order valence-corrected chi connectivity index (χ2v) is 9.34. The van der Waals surface area contributed by atoms with E-state index in [2.05, 4.69) is 10.0 Å². The monoisotopic (exact) mass is 379 g/mol. The van der Waals surface area contributed by atoms with Crippen LogP contribution in [0.25, 0.3) is 0 Å². The van der Waals surface area contributed by atoms with Crippen molar-refractivity contribution in [1.29, 1.82) is 0 Å². The molecule has 1 heterocycles. The summed E-state index contributed by atoms with van der Waals surface area (Å²) in [6.07, 6.45) is 5.78. The zero-order chi connectivity index (χ0) is 18.7. The highest BCUT2D eigenvalue weighted by atomic mass is 32.2. The summed E-state index contributed by atoms with van der Waals surface area (Å²) in [4.78, 5) is 14.5. The fraction of sp³-hybridized carbons (Fsp3) is 0.632. The molecule has 3 rings (SSSR count). The van der Waals surface area contributed by atoms with Gasteiger partial charge in [-0.1, -0.05) is 30.5 Å². The van der Waals surface area contributed by atoms with Crippen LogP contribution in [-0.4, -0.2) is 51.4 Å². The molecule has 0 radical (unpaired) electrons. The second-order valence-electron chi connectivity index (χ2n) is 7.58. The van der Waals surface area contributed by atoms with Gasteiger partial charge < -0.3 is 10.2 Å². The van der Waals surface area contributed by atoms with Crippen LogP contribution in [0.3, 0.4) is 0 Å². The van der Waals surface area contributed by atoms with Crippen LogP contribution < -0.4 is 10.0 Å². The van der Waals surface area contributed by atoms with Crippen LogP contribution >= 0.6 is 0 Å². The number of hydrogen-bond donors (Lipinski definition) is 2. The van der Waals surface area contributed by atoms with Crippen molar-refractivity contribution in [2.45, 2.75) is 56.0 Å². The van der Waals surface area contributed by atoms with Crippen LogP contribution in [0.5, 0.6) is 0 Å². The molecule has 6 nitrogen and oxygen atoms in total. The van der Waals surface area contributed by atoms with Gasteiger partial charge >= 0.3 is 0 Å². The maximum atomic E-state index is 12.6. The number of likely N-dealkylation sites (N-methyl/N-ethyl adjacent to an activating group) is 1. The Balaban J connectivity index is 1.48. The summed E-state index contributed by atoms with van der Waals surface area (Å²) in [6, 6.07) is 7.09. The summed E-state index contributed by atoms with van der Waals surface area (Å²) < 4.78 is 27.2. The number of nitrogens with one attached hydrogen (secondary N) is 2. The van der Waals surface area contributed by atoms with Gasteiger partial charge in [0, 0.05) is 26.2 Å². The Kier molecular flexibility index (Phi) is 5.99. The van der Waals surface area contributed by atoms with Gasteiger partial charge in [0.25, 0.3) is 0 Å². The fourth-order valence-corrected chi connectivity index (χ4v) is 5.06. The van der Waals surface area contributed by atoms with Crippen LogP contribution in [0.1, 0.15) is 37.7 Å². The van der Waals surface area contributed by atoms with E-state index in [1.54, 1.807) is 36.2 Å². The van der Waals surface area contributed by atoms with E-state index in [0.29, 0.717) is 18.5 Å². The summed E-state index contributed by atoms with van der Waals surface area (Å²) in [5.74, 6) is 0.681. The third-order valence-electron chi connectivity index (χ3n) is 5.61. The maximum absolute atomic E-state index is 12.6. The van der Waals surface area contributed by atoms with Crippen LogP contribution in [0, 0.1) is 12.8 Å². The van der Waals surface area contributed by atoms with Crippen LogP contribution in [0.4, 0.5) is 0 Å². The molecule has 144 valence electrons. The number of benzene rings is 1. The summed E-state index contributed by atoms with van der Waals surface area (Å²) in [5, 5.41) is 3.48. The normalized spacial score (nSPS) is 25.7. The molecule has 7 heteroatoms. The van der Waals surface area contributed by atoms with Gasteiger partial charge in [-0.2, -0.15) is 0 Å². The number of sulfonamides is 1. The van der Waals surface area contributed by atoms with E-state index in [-0.39, 0.29) is 23.4 Å². The molecule has 26 heavy (non-hydrogen) atoms. The smallest absolute Gasteiger partial charge is 0.240 e. The molecule has 3 unspecified atom stereocenters. The van der Waals surface area contributed by atoms with Crippen molar-refractivity contribution in [1.82, 2.24) is 14.9 Å². The Morgan fingerprint density at radius 2 is 1.92 bits per heavy atom. The van der Waals surface area contributed by atoms with Crippen LogP contribution in [0.2, 0.25) is 0 Å². The molecule has 1 aliphatic heterocycles. The first-order valence-electron chi connectivity index (χ1n) is 9.44. The van der Waals surface area contributed by atoms with Crippen molar-refractivity contribution in [2.75, 3.05) is 20.1 Å². The first kappa shape index (κ1) is 19.3. The van der Waals surface area contributed by atoms with E-state index < -0.39 is 10.0 Å². The van der Waals surface area contributed by atoms with Crippen molar-refractivity contribution >= 4 is 15.9 Å². The first-order chi connectivity index (χ1) is 12.4. The van der Waals surface area contributed by atoms with E-state index in [1.165, 1.54) is 19.3 Å². The average Bonchev–Trinajstić information content (AvgIpc) is 3.05. The summed E-state index contributed by atoms with van der Waals surface area (Å²) >= 11 is 0. The van der Waals surface area contributed by atoms with E-state index >= 15 is 0 Å². The molecular formula is C19H29N3O3S. The Morgan fingerprint density at radius 3 is 2.62 bits per heavy atom. The number of fused-ring (bicyclic) bond motifs is 1. The molecule has 3 atom stereocenters. The van der Waals surface area contributed by atoms with Crippen molar-refractivity contribution in [3.05, 3.63) is 29.8 Å². The molecule has 2 aliphatic rings. The molecule has 2 fully saturated rings. The van der Waals surface area contributed by atoms with E-state index in [1.807, 2.05) is 6.92 Å². The molecule has 1 saturated carbocycles. The molecule has 0 bridgehead atoms. The highest BCUT2D eigenvalue weighted by Crippen LogP contribution is 2.33. The third-order valence-corrected chi connectivity index (χ3v) is 7.08. The lowest BCUT2D eigenvalue weighted by Gasteiger charge is -2.24. The van der Waals surface area contributed by atoms with Crippen molar-refractivity contribution in [3.8, 4) is 0 Å². The Labute approximate surface area is 156 Å². The van der Waals surface area contributed by atoms with Gasteiger partial charge in [0.05, 0.1) is 10.9 Å². The standard InChI is InChI=1S/C19H29N3O3S/c1-14-7-9-16(10-8-14)26(24,25)20-11-12-22(2)19(23)18-13-15-5-3-4-6-17(15)21-18/h7-10,15,17-18,20-21H,3-6,11-13H2,1-2H3. The lowest BCUT2D eigenvalue weighted by Crippen LogP contribution is -2.46. The summed E-state index contributed by atoms with van der Waals surface area (Å²) in [7, 11) is -1.80. The lowest BCUT2D eigenvalue weighted by atomic mass is 9.85. The minimum Gasteiger partial charge on any atom is -0.343 e. The molecule has 1 amide bonds. The zero-order valence-corrected chi connectivity index (χ0v) is 16.4. The summed E-state index contributed by atoms with van der Waals surface area (Å²) in [6.45, 7) is 2.48. The number of amides is 1. The highest BCUT2D eigenvalue weighted by Gasteiger charge is 2.39. The minimum atomic E-state index is -3.54. The number of carbonyl (C=O) groups is 1. The molecule has 1 aromatic rings. The van der Waals surface area contributed by atoms with Crippen LogP contribution in [0.15, 0.2) is 29.2 Å². The second kappa shape index (κ2) is 8.06. The maximum Gasteiger partial charge on any atom is 0.240 e. The quantitative estimate of drug-likeness (QED) is 0.788. The Morgan fingerprint density at radius 1 is 1.23 bits per heavy atom. The first-order valence-corrected chi connectivity index (χ1v) is 10.9. The van der Waals surface area contributed by atoms with Gasteiger partial charge in [-0.05, 0) is 44.2 Å². The van der Waals surface area contributed by atoms with Gasteiger partial charge in [-0.3, -0.25) is 4.79 Å². The van der Waals surface area contributed by atoms with Gasteiger partial charge in [-0.15, -0.1) is 0 Å². The number of nitrogens with zero attached hydrogens (tertiary/aromatic N) is 1. The SMILES string of the molecule is Cc1ccc(S(=O)(=O)NCCN(C)C(=O)C2CC3CCCCC3N2)cc1. The molecule has 0 aromatic heterocycles. The van der Waals surface area contributed by atoms with Gasteiger partial charge in [0.2, 0.25) is 15.9 Å². The number of rotatable bonds is 6. The number of aryl methyl sites for hydroxylation is 1. The molecule has 1 aliphatic carbocycles. The largest absolute Gasteiger partial charge is 0.343 e. The van der Waals surface area contributed by atoms with Crippen molar-refractivity contribution < 1.29 is 13.2 Å². The molecule has 2 N–H and O–H groups in total. The Bertz CT molecular complexity index is 719. The predicted octanol–water partition coefficient (Wildman–Crippen LogP) is 1.65. The van der Waals surface area contributed by atoms with Crippen molar-refractivity contribution in [3.63, 3.8) is 0 Å². The Hall–Kier alpha value is -1.44. The third kappa shape index (κ3) is 4.45. The minimum absolute atomic E-state index is 0.0638. The number of hydrogen-bond acceptors (Lipinski definition) is 4. The van der Waals surface area contributed by atoms with Gasteiger partial charge in [0.15, 0.2) is 0 Å². The van der Waals surface area contributed by atoms with E-state index in [9.17, 15) is 13.2 Å². The van der Waals surface area contributed by atoms with Gasteiger partial charge in [-0.25, -0.2) is 13.1 Å².